The van der Waals surface area contributed by atoms with Gasteiger partial charge in [-0.05, 0) is 93.9 Å². The molecule has 3 rings (SSSR count). The first-order valence-corrected chi connectivity index (χ1v) is 12.7. The Labute approximate surface area is 219 Å². The fraction of sp³-hybridized carbons (Fsp3) is 0.400. The molecule has 1 aliphatic heterocycles. The van der Waals surface area contributed by atoms with Crippen molar-refractivity contribution in [2.45, 2.75) is 24.5 Å². The van der Waals surface area contributed by atoms with E-state index in [1.54, 1.807) is 6.08 Å². The highest BCUT2D eigenvalue weighted by atomic mass is 79.9. The molecule has 12 heteroatoms. The van der Waals surface area contributed by atoms with E-state index >= 15 is 0 Å². The van der Waals surface area contributed by atoms with Gasteiger partial charge >= 0.3 is 0 Å². The summed E-state index contributed by atoms with van der Waals surface area (Å²) in [6.45, 7) is 1.23. The van der Waals surface area contributed by atoms with Crippen LogP contribution in [-0.4, -0.2) is 55.2 Å². The number of rotatable bonds is 8. The van der Waals surface area contributed by atoms with E-state index in [1.165, 1.54) is 7.11 Å². The maximum Gasteiger partial charge on any atom is 0.269 e. The van der Waals surface area contributed by atoms with E-state index in [0.29, 0.717) is 46.6 Å². The van der Waals surface area contributed by atoms with Crippen molar-refractivity contribution in [3.63, 3.8) is 0 Å². The Bertz CT molecular complexity index is 974. The molecule has 1 aromatic carbocycles. The molecule has 8 nitrogen and oxygen atoms in total. The maximum absolute atomic E-state index is 12.6. The summed E-state index contributed by atoms with van der Waals surface area (Å²) < 4.78 is 13.5. The number of allylic oxidation sites excluding steroid dienone is 1. The Balaban J connectivity index is 1.58. The van der Waals surface area contributed by atoms with Crippen LogP contribution in [0, 0.1) is 0 Å². The number of benzene rings is 1. The lowest BCUT2D eigenvalue weighted by Gasteiger charge is -2.33. The first-order chi connectivity index (χ1) is 15.2. The fourth-order valence-electron chi connectivity index (χ4n) is 3.30. The van der Waals surface area contributed by atoms with Crippen LogP contribution in [0.3, 0.4) is 0 Å². The van der Waals surface area contributed by atoms with Crippen LogP contribution in [-0.2, 0) is 20.8 Å². The van der Waals surface area contributed by atoms with Crippen LogP contribution in [0.15, 0.2) is 47.0 Å². The van der Waals surface area contributed by atoms with E-state index in [9.17, 15) is 9.90 Å². The number of oxime groups is 1. The molecule has 1 aromatic rings. The molecular weight excluding hydrogens is 682 g/mol. The molecule has 0 bridgehead atoms. The smallest absolute Gasteiger partial charge is 0.269 e. The number of hydrogen-bond acceptors (Lipinski definition) is 7. The van der Waals surface area contributed by atoms with Crippen molar-refractivity contribution in [2.24, 2.45) is 10.9 Å². The lowest BCUT2D eigenvalue weighted by Crippen LogP contribution is -2.45. The van der Waals surface area contributed by atoms with Crippen molar-refractivity contribution >= 4 is 75.3 Å². The molecule has 0 aromatic heterocycles. The zero-order chi connectivity index (χ0) is 23.5. The minimum Gasteiger partial charge on any atom is -0.495 e. The fourth-order valence-corrected chi connectivity index (χ4v) is 6.60. The minimum absolute atomic E-state index is 0.117. The zero-order valence-corrected chi connectivity index (χ0v) is 23.3. The third-order valence-electron chi connectivity index (χ3n) is 4.87. The number of nitrogens with two attached hydrogens (primary N) is 1. The van der Waals surface area contributed by atoms with Gasteiger partial charge in [-0.15, -0.1) is 0 Å². The second-order valence-corrected chi connectivity index (χ2v) is 10.5. The number of aliphatic hydroxyl groups is 1. The van der Waals surface area contributed by atoms with Gasteiger partial charge in [0.25, 0.3) is 5.91 Å². The number of aliphatic hydroxyl groups excluding tert-OH is 1. The van der Waals surface area contributed by atoms with E-state index in [0.717, 1.165) is 14.5 Å². The second-order valence-electron chi connectivity index (χ2n) is 7.07. The van der Waals surface area contributed by atoms with Crippen LogP contribution < -0.4 is 15.8 Å². The molecular formula is C20H21Br4N3O5. The highest BCUT2D eigenvalue weighted by molar-refractivity contribution is 9.12. The minimum atomic E-state index is -1.18. The summed E-state index contributed by atoms with van der Waals surface area (Å²) >= 11 is 13.7. The Morgan fingerprint density at radius 2 is 2.03 bits per heavy atom. The van der Waals surface area contributed by atoms with Gasteiger partial charge in [-0.25, -0.2) is 0 Å². The first-order valence-electron chi connectivity index (χ1n) is 9.57. The molecule has 1 aliphatic carbocycles. The number of carbonyl (C=O) groups excluding carboxylic acids is 1. The average molecular weight is 703 g/mol. The monoisotopic (exact) mass is 699 g/mol. The van der Waals surface area contributed by atoms with E-state index in [-0.39, 0.29) is 18.0 Å². The number of methoxy groups -OCH3 is 1. The van der Waals surface area contributed by atoms with Gasteiger partial charge in [-0.2, -0.15) is 0 Å². The van der Waals surface area contributed by atoms with Crippen LogP contribution in [0.5, 0.6) is 5.75 Å². The van der Waals surface area contributed by atoms with E-state index in [2.05, 4.69) is 74.2 Å². The first kappa shape index (κ1) is 25.7. The topological polar surface area (TPSA) is 115 Å². The molecule has 2 unspecified atom stereocenters. The lowest BCUT2D eigenvalue weighted by molar-refractivity contribution is -0.114. The second kappa shape index (κ2) is 11.0. The standard InChI is InChI=1S/C20H21Br4N3O5/c1-30-17-13(23)8-20(18(28)15(17)24)9-14(27-32-20)19(29)26-4-2-10-6-11(21)16(12(22)7-10)31-5-3-25/h6-8,18,28H,2-5,9,25H2,1H3,(H,26,29). The number of hydrogen-bond donors (Lipinski definition) is 3. The quantitative estimate of drug-likeness (QED) is 0.382. The predicted molar refractivity (Wildman–Crippen MR) is 135 cm³/mol. The van der Waals surface area contributed by atoms with Gasteiger partial charge in [0.1, 0.15) is 29.9 Å². The summed E-state index contributed by atoms with van der Waals surface area (Å²) in [6, 6.07) is 3.87. The number of halogens is 4. The molecule has 0 radical (unpaired) electrons. The number of nitrogens with one attached hydrogen (secondary N) is 1. The van der Waals surface area contributed by atoms with E-state index in [1.807, 2.05) is 12.1 Å². The molecule has 0 saturated heterocycles. The summed E-state index contributed by atoms with van der Waals surface area (Å²) in [6.07, 6.45) is 1.31. The van der Waals surface area contributed by atoms with Crippen molar-refractivity contribution in [2.75, 3.05) is 26.8 Å². The summed E-state index contributed by atoms with van der Waals surface area (Å²) in [4.78, 5) is 18.1. The molecule has 1 spiro atoms. The molecule has 4 N–H and O–H groups in total. The molecule has 174 valence electrons. The molecule has 0 saturated carbocycles. The highest BCUT2D eigenvalue weighted by Crippen LogP contribution is 2.44. The third-order valence-corrected chi connectivity index (χ3v) is 7.43. The van der Waals surface area contributed by atoms with Crippen LogP contribution >= 0.6 is 63.7 Å². The summed E-state index contributed by atoms with van der Waals surface area (Å²) in [5.41, 5.74) is 5.51. The van der Waals surface area contributed by atoms with Crippen molar-refractivity contribution in [3.8, 4) is 5.75 Å². The molecule has 0 fully saturated rings. The Morgan fingerprint density at radius 1 is 1.34 bits per heavy atom. The van der Waals surface area contributed by atoms with Crippen LogP contribution in [0.4, 0.5) is 0 Å². The van der Waals surface area contributed by atoms with Gasteiger partial charge in [0.05, 0.1) is 25.0 Å². The third kappa shape index (κ3) is 5.41. The molecule has 32 heavy (non-hydrogen) atoms. The summed E-state index contributed by atoms with van der Waals surface area (Å²) in [5.74, 6) is 0.798. The Kier molecular flexibility index (Phi) is 8.84. The SMILES string of the molecule is COC1=C(Br)C(O)C2(C=C1Br)CC(C(=O)NCCc1cc(Br)c(OCCN)c(Br)c1)=NO2. The van der Waals surface area contributed by atoms with Crippen LogP contribution in [0.2, 0.25) is 0 Å². The Morgan fingerprint density at radius 3 is 2.66 bits per heavy atom. The van der Waals surface area contributed by atoms with Gasteiger partial charge in [0.15, 0.2) is 5.60 Å². The zero-order valence-electron chi connectivity index (χ0n) is 17.0. The number of nitrogens with zero attached hydrogens (tertiary/aromatic N) is 1. The highest BCUT2D eigenvalue weighted by Gasteiger charge is 2.50. The van der Waals surface area contributed by atoms with Gasteiger partial charge in [0, 0.05) is 19.5 Å². The largest absolute Gasteiger partial charge is 0.495 e. The molecule has 2 aliphatic rings. The van der Waals surface area contributed by atoms with E-state index in [4.69, 9.17) is 20.0 Å². The van der Waals surface area contributed by atoms with Gasteiger partial charge < -0.3 is 30.5 Å². The van der Waals surface area contributed by atoms with Crippen molar-refractivity contribution in [3.05, 3.63) is 47.4 Å². The molecule has 1 heterocycles. The van der Waals surface area contributed by atoms with Crippen LogP contribution in [0.25, 0.3) is 0 Å². The van der Waals surface area contributed by atoms with Gasteiger partial charge in [-0.3, -0.25) is 4.79 Å². The number of amides is 1. The molecule has 1 amide bonds. The van der Waals surface area contributed by atoms with Crippen LogP contribution in [0.1, 0.15) is 12.0 Å². The number of carbonyl (C=O) groups is 1. The van der Waals surface area contributed by atoms with Crippen molar-refractivity contribution in [1.82, 2.24) is 5.32 Å². The van der Waals surface area contributed by atoms with Gasteiger partial charge in [0.2, 0.25) is 0 Å². The lowest BCUT2D eigenvalue weighted by atomic mass is 9.87. The Hall–Kier alpha value is -0.920. The summed E-state index contributed by atoms with van der Waals surface area (Å²) in [5, 5.41) is 17.5. The van der Waals surface area contributed by atoms with Crippen molar-refractivity contribution < 1.29 is 24.2 Å². The molecule has 2 atom stereocenters. The van der Waals surface area contributed by atoms with Gasteiger partial charge in [-0.1, -0.05) is 5.16 Å². The van der Waals surface area contributed by atoms with Crippen molar-refractivity contribution in [1.29, 1.82) is 0 Å². The van der Waals surface area contributed by atoms with E-state index < -0.39 is 11.7 Å². The average Bonchev–Trinajstić information content (AvgIpc) is 3.17. The predicted octanol–water partition coefficient (Wildman–Crippen LogP) is 3.63. The normalized spacial score (nSPS) is 22.4. The summed E-state index contributed by atoms with van der Waals surface area (Å²) in [7, 11) is 1.50. The maximum atomic E-state index is 12.6. The number of ether oxygens (including phenoxy) is 2.